The molecule has 158 valence electrons. The molecule has 1 heterocycles. The third-order valence-electron chi connectivity index (χ3n) is 4.18. The van der Waals surface area contributed by atoms with Crippen molar-refractivity contribution >= 4 is 35.8 Å². The van der Waals surface area contributed by atoms with E-state index in [1.165, 1.54) is 12.1 Å². The van der Waals surface area contributed by atoms with E-state index in [2.05, 4.69) is 19.9 Å². The Balaban J connectivity index is 0.00000392. The fourth-order valence-electron chi connectivity index (χ4n) is 2.81. The molecule has 10 heteroatoms. The molecule has 1 saturated heterocycles. The van der Waals surface area contributed by atoms with Gasteiger partial charge in [0, 0.05) is 46.2 Å². The second-order valence-electron chi connectivity index (χ2n) is 6.17. The fourth-order valence-corrected chi connectivity index (χ4v) is 2.81. The largest absolute Gasteiger partial charge is 0.573 e. The van der Waals surface area contributed by atoms with E-state index in [0.717, 1.165) is 31.2 Å². The van der Waals surface area contributed by atoms with Crippen LogP contribution in [0.2, 0.25) is 0 Å². The molecule has 1 aliphatic heterocycles. The van der Waals surface area contributed by atoms with E-state index in [9.17, 15) is 18.0 Å². The van der Waals surface area contributed by atoms with E-state index in [-0.39, 0.29) is 35.6 Å². The molecule has 1 aromatic rings. The summed E-state index contributed by atoms with van der Waals surface area (Å²) >= 11 is 0. The summed E-state index contributed by atoms with van der Waals surface area (Å²) in [5.74, 6) is 0.638. The predicted molar refractivity (Wildman–Crippen MR) is 112 cm³/mol. The third-order valence-corrected chi connectivity index (χ3v) is 4.18. The van der Waals surface area contributed by atoms with Crippen molar-refractivity contribution in [3.63, 3.8) is 0 Å². The molecule has 0 radical (unpaired) electrons. The van der Waals surface area contributed by atoms with Gasteiger partial charge in [0.25, 0.3) is 0 Å². The summed E-state index contributed by atoms with van der Waals surface area (Å²) in [5.41, 5.74) is 0.880. The van der Waals surface area contributed by atoms with Crippen LogP contribution in [0.1, 0.15) is 19.4 Å². The number of rotatable bonds is 5. The van der Waals surface area contributed by atoms with Gasteiger partial charge in [-0.25, -0.2) is 0 Å². The highest BCUT2D eigenvalue weighted by atomic mass is 127. The Morgan fingerprint density at radius 2 is 1.71 bits per heavy atom. The Kier molecular flexibility index (Phi) is 9.83. The second kappa shape index (κ2) is 11.3. The van der Waals surface area contributed by atoms with E-state index >= 15 is 0 Å². The molecule has 0 atom stereocenters. The van der Waals surface area contributed by atoms with Crippen LogP contribution in [-0.2, 0) is 11.2 Å². The minimum atomic E-state index is -4.68. The summed E-state index contributed by atoms with van der Waals surface area (Å²) in [6, 6.07) is 5.82. The summed E-state index contributed by atoms with van der Waals surface area (Å²) in [5, 5.41) is 3.25. The number of nitrogens with one attached hydrogen (secondary N) is 1. The van der Waals surface area contributed by atoms with E-state index in [1.54, 1.807) is 19.1 Å². The standard InChI is InChI=1S/C18H25F3N4O2.HI/c1-3-22-17(25-12-10-24(11-13-25)14(2)26)23-9-8-15-4-6-16(7-5-15)27-18(19,20)21;/h4-7H,3,8-13H2,1-2H3,(H,22,23);1H. The Morgan fingerprint density at radius 3 is 2.21 bits per heavy atom. The van der Waals surface area contributed by atoms with Crippen LogP contribution in [0.3, 0.4) is 0 Å². The quantitative estimate of drug-likeness (QED) is 0.373. The lowest BCUT2D eigenvalue weighted by Gasteiger charge is -2.36. The lowest BCUT2D eigenvalue weighted by atomic mass is 10.1. The average Bonchev–Trinajstić information content (AvgIpc) is 2.61. The Bertz CT molecular complexity index is 645. The minimum Gasteiger partial charge on any atom is -0.406 e. The van der Waals surface area contributed by atoms with Crippen LogP contribution in [0.4, 0.5) is 13.2 Å². The first-order valence-corrected chi connectivity index (χ1v) is 8.92. The van der Waals surface area contributed by atoms with E-state index in [1.807, 2.05) is 11.8 Å². The Labute approximate surface area is 180 Å². The first kappa shape index (κ1) is 24.3. The molecule has 1 N–H and O–H groups in total. The van der Waals surface area contributed by atoms with Gasteiger partial charge in [0.05, 0.1) is 0 Å². The lowest BCUT2D eigenvalue weighted by molar-refractivity contribution is -0.274. The zero-order chi connectivity index (χ0) is 19.9. The number of ether oxygens (including phenoxy) is 1. The SMILES string of the molecule is CCNC(=NCCc1ccc(OC(F)(F)F)cc1)N1CCN(C(C)=O)CC1.I. The molecular formula is C18H26F3IN4O2. The topological polar surface area (TPSA) is 57.2 Å². The van der Waals surface area contributed by atoms with Crippen molar-refractivity contribution in [2.45, 2.75) is 26.6 Å². The number of hydrogen-bond donors (Lipinski definition) is 1. The molecule has 2 rings (SSSR count). The van der Waals surface area contributed by atoms with Gasteiger partial charge in [-0.15, -0.1) is 37.1 Å². The summed E-state index contributed by atoms with van der Waals surface area (Å²) in [6.45, 7) is 7.56. The van der Waals surface area contributed by atoms with Crippen molar-refractivity contribution in [3.8, 4) is 5.75 Å². The molecule has 1 amide bonds. The number of piperazine rings is 1. The summed E-state index contributed by atoms with van der Waals surface area (Å²) in [4.78, 5) is 19.9. The second-order valence-corrected chi connectivity index (χ2v) is 6.17. The van der Waals surface area contributed by atoms with Gasteiger partial charge in [-0.3, -0.25) is 9.79 Å². The molecule has 0 unspecified atom stereocenters. The van der Waals surface area contributed by atoms with Crippen LogP contribution in [0.25, 0.3) is 0 Å². The van der Waals surface area contributed by atoms with Crippen molar-refractivity contribution in [1.82, 2.24) is 15.1 Å². The highest BCUT2D eigenvalue weighted by molar-refractivity contribution is 14.0. The van der Waals surface area contributed by atoms with Gasteiger partial charge < -0.3 is 19.9 Å². The van der Waals surface area contributed by atoms with Gasteiger partial charge in [0.15, 0.2) is 5.96 Å². The maximum atomic E-state index is 12.2. The number of carbonyl (C=O) groups excluding carboxylic acids is 1. The molecule has 0 bridgehead atoms. The van der Waals surface area contributed by atoms with Crippen LogP contribution < -0.4 is 10.1 Å². The predicted octanol–water partition coefficient (Wildman–Crippen LogP) is 2.88. The maximum Gasteiger partial charge on any atom is 0.573 e. The number of aliphatic imine (C=N–C) groups is 1. The normalized spacial score (nSPS) is 15.1. The molecule has 1 aliphatic rings. The molecule has 0 aliphatic carbocycles. The number of hydrogen-bond acceptors (Lipinski definition) is 3. The van der Waals surface area contributed by atoms with Gasteiger partial charge in [0.2, 0.25) is 5.91 Å². The van der Waals surface area contributed by atoms with Crippen molar-refractivity contribution in [2.24, 2.45) is 4.99 Å². The van der Waals surface area contributed by atoms with Gasteiger partial charge in [0.1, 0.15) is 5.75 Å². The van der Waals surface area contributed by atoms with Gasteiger partial charge >= 0.3 is 6.36 Å². The van der Waals surface area contributed by atoms with Crippen molar-refractivity contribution in [2.75, 3.05) is 39.3 Å². The first-order valence-electron chi connectivity index (χ1n) is 8.92. The molecule has 6 nitrogen and oxygen atoms in total. The first-order chi connectivity index (χ1) is 12.8. The minimum absolute atomic E-state index is 0. The molecule has 28 heavy (non-hydrogen) atoms. The summed E-state index contributed by atoms with van der Waals surface area (Å²) in [6.07, 6.45) is -4.08. The number of benzene rings is 1. The monoisotopic (exact) mass is 514 g/mol. The number of halogens is 4. The fraction of sp³-hybridized carbons (Fsp3) is 0.556. The Hall–Kier alpha value is -1.72. The molecular weight excluding hydrogens is 488 g/mol. The van der Waals surface area contributed by atoms with Crippen LogP contribution in [0, 0.1) is 0 Å². The summed E-state index contributed by atoms with van der Waals surface area (Å²) in [7, 11) is 0. The number of alkyl halides is 3. The number of nitrogens with zero attached hydrogens (tertiary/aromatic N) is 3. The van der Waals surface area contributed by atoms with E-state index in [4.69, 9.17) is 0 Å². The zero-order valence-electron chi connectivity index (χ0n) is 16.0. The molecule has 1 aromatic carbocycles. The third kappa shape index (κ3) is 8.11. The molecule has 0 spiro atoms. The van der Waals surface area contributed by atoms with Crippen molar-refractivity contribution in [3.05, 3.63) is 29.8 Å². The number of guanidine groups is 1. The zero-order valence-corrected chi connectivity index (χ0v) is 18.3. The summed E-state index contributed by atoms with van der Waals surface area (Å²) < 4.78 is 40.4. The smallest absolute Gasteiger partial charge is 0.406 e. The average molecular weight is 514 g/mol. The van der Waals surface area contributed by atoms with Crippen LogP contribution >= 0.6 is 24.0 Å². The van der Waals surface area contributed by atoms with Gasteiger partial charge in [-0.05, 0) is 31.0 Å². The highest BCUT2D eigenvalue weighted by Crippen LogP contribution is 2.22. The molecule has 0 aromatic heterocycles. The van der Waals surface area contributed by atoms with E-state index in [0.29, 0.717) is 26.1 Å². The van der Waals surface area contributed by atoms with Crippen molar-refractivity contribution < 1.29 is 22.7 Å². The van der Waals surface area contributed by atoms with Crippen LogP contribution in [0.5, 0.6) is 5.75 Å². The maximum absolute atomic E-state index is 12.2. The van der Waals surface area contributed by atoms with Crippen LogP contribution in [0.15, 0.2) is 29.3 Å². The molecule has 0 saturated carbocycles. The van der Waals surface area contributed by atoms with Crippen LogP contribution in [-0.4, -0.2) is 67.3 Å². The lowest BCUT2D eigenvalue weighted by Crippen LogP contribution is -2.53. The van der Waals surface area contributed by atoms with Gasteiger partial charge in [-0.2, -0.15) is 0 Å². The Morgan fingerprint density at radius 1 is 1.14 bits per heavy atom. The number of amides is 1. The highest BCUT2D eigenvalue weighted by Gasteiger charge is 2.30. The van der Waals surface area contributed by atoms with Crippen molar-refractivity contribution in [1.29, 1.82) is 0 Å². The number of carbonyl (C=O) groups is 1. The van der Waals surface area contributed by atoms with Gasteiger partial charge in [-0.1, -0.05) is 12.1 Å². The van der Waals surface area contributed by atoms with E-state index < -0.39 is 6.36 Å². The molecule has 1 fully saturated rings.